The molecule has 0 aromatic rings. The first kappa shape index (κ1) is 29.1. The fraction of sp³-hybridized carbons (Fsp3) is 0.966. The van der Waals surface area contributed by atoms with Gasteiger partial charge in [0.2, 0.25) is 5.91 Å². The Hall–Kier alpha value is -1.01. The molecule has 2 N–H and O–H groups in total. The molecule has 2 aliphatic carbocycles. The van der Waals surface area contributed by atoms with Crippen LogP contribution in [-0.4, -0.2) is 97.8 Å². The highest BCUT2D eigenvalue weighted by Crippen LogP contribution is 2.54. The zero-order valence-electron chi connectivity index (χ0n) is 24.0. The number of hydrogen-bond acceptors (Lipinski definition) is 6. The van der Waals surface area contributed by atoms with Crippen molar-refractivity contribution in [1.82, 2.24) is 25.6 Å². The first-order chi connectivity index (χ1) is 19.1. The van der Waals surface area contributed by atoms with Crippen LogP contribution in [0.25, 0.3) is 0 Å². The molecule has 0 bridgehead atoms. The van der Waals surface area contributed by atoms with E-state index in [-0.39, 0.29) is 48.5 Å². The number of amides is 1. The maximum atomic E-state index is 14.5. The lowest BCUT2D eigenvalue weighted by Gasteiger charge is -2.52. The monoisotopic (exact) mass is 573 g/mol. The predicted octanol–water partition coefficient (Wildman–Crippen LogP) is 3.76. The van der Waals surface area contributed by atoms with Gasteiger partial charge in [0.15, 0.2) is 0 Å². The van der Waals surface area contributed by atoms with Crippen LogP contribution in [0.15, 0.2) is 0 Å². The van der Waals surface area contributed by atoms with E-state index in [1.165, 1.54) is 0 Å². The molecule has 228 valence electrons. The summed E-state index contributed by atoms with van der Waals surface area (Å²) in [4.78, 5) is 20.1. The number of hydrogen-bond donors (Lipinski definition) is 2. The van der Waals surface area contributed by atoms with E-state index < -0.39 is 30.1 Å². The van der Waals surface area contributed by atoms with E-state index in [0.29, 0.717) is 51.5 Å². The molecule has 6 aliphatic rings. The highest BCUT2D eigenvalue weighted by molar-refractivity contribution is 5.82. The van der Waals surface area contributed by atoms with Gasteiger partial charge in [-0.15, -0.1) is 0 Å². The fourth-order valence-electron chi connectivity index (χ4n) is 9.39. The van der Waals surface area contributed by atoms with Crippen molar-refractivity contribution >= 4 is 5.91 Å². The lowest BCUT2D eigenvalue weighted by Crippen LogP contribution is -2.56. The molecule has 1 amide bonds. The number of carbonyl (C=O) groups excluding carboxylic acids is 1. The van der Waals surface area contributed by atoms with Gasteiger partial charge in [-0.05, 0) is 76.2 Å². The number of ether oxygens (including phenoxy) is 1. The standard InChI is InChI=1S/C29H47F4N5O2/c1-3-25(37-8-7-20(30)13-37)18-9-22-23(24(10-18)29(31,32)33)14-38(27(22)39)21-6-4-5-19(11-21)28(15-40-16-28)12-26-35-34-17-36(26)2/h18-26,34-35H,3-17H2,1-2H3/t18?,19?,20-,21?,22?,23?,24?,25+,26?/m0/s1. The van der Waals surface area contributed by atoms with Crippen LogP contribution >= 0.6 is 0 Å². The Morgan fingerprint density at radius 1 is 1.12 bits per heavy atom. The maximum Gasteiger partial charge on any atom is 0.392 e. The van der Waals surface area contributed by atoms with Crippen molar-refractivity contribution in [3.05, 3.63) is 0 Å². The largest absolute Gasteiger partial charge is 0.392 e. The van der Waals surface area contributed by atoms with E-state index in [9.17, 15) is 22.4 Å². The van der Waals surface area contributed by atoms with Crippen LogP contribution in [0.3, 0.4) is 0 Å². The van der Waals surface area contributed by atoms with Gasteiger partial charge < -0.3 is 9.64 Å². The van der Waals surface area contributed by atoms with Crippen LogP contribution in [0.2, 0.25) is 0 Å². The Labute approximate surface area is 235 Å². The van der Waals surface area contributed by atoms with Gasteiger partial charge in [0, 0.05) is 43.1 Å². The smallest absolute Gasteiger partial charge is 0.380 e. The molecule has 2 saturated carbocycles. The summed E-state index contributed by atoms with van der Waals surface area (Å²) in [5, 5.41) is 0. The van der Waals surface area contributed by atoms with Crippen LogP contribution in [0, 0.1) is 35.0 Å². The molecule has 9 atom stereocenters. The van der Waals surface area contributed by atoms with Crippen LogP contribution in [0.1, 0.15) is 64.7 Å². The van der Waals surface area contributed by atoms with Crippen LogP contribution in [-0.2, 0) is 9.53 Å². The number of likely N-dealkylation sites (tertiary alicyclic amines) is 2. The highest BCUT2D eigenvalue weighted by atomic mass is 19.4. The summed E-state index contributed by atoms with van der Waals surface area (Å²) < 4.78 is 63.3. The topological polar surface area (TPSA) is 60.1 Å². The van der Waals surface area contributed by atoms with E-state index >= 15 is 0 Å². The van der Waals surface area contributed by atoms with Gasteiger partial charge in [-0.25, -0.2) is 15.2 Å². The molecule has 0 aromatic carbocycles. The summed E-state index contributed by atoms with van der Waals surface area (Å²) in [6.07, 6.45) is 1.42. The van der Waals surface area contributed by atoms with Crippen molar-refractivity contribution in [3.8, 4) is 0 Å². The van der Waals surface area contributed by atoms with Crippen molar-refractivity contribution in [2.75, 3.05) is 46.6 Å². The number of rotatable bonds is 7. The van der Waals surface area contributed by atoms with Crippen molar-refractivity contribution in [3.63, 3.8) is 0 Å². The molecular weight excluding hydrogens is 526 g/mol. The van der Waals surface area contributed by atoms with Crippen molar-refractivity contribution in [2.45, 2.75) is 95.3 Å². The Morgan fingerprint density at radius 2 is 1.93 bits per heavy atom. The predicted molar refractivity (Wildman–Crippen MR) is 142 cm³/mol. The molecule has 0 spiro atoms. The third-order valence-electron chi connectivity index (χ3n) is 11.6. The number of fused-ring (bicyclic) bond motifs is 1. The Bertz CT molecular complexity index is 919. The SMILES string of the molecule is CC[C@H](C1CC2C(=O)N(C3CCCC(C4(CC5NNCN5C)COC4)C3)CC2C(C(F)(F)F)C1)N1CC[C@H](F)C1. The molecule has 0 aromatic heterocycles. The van der Waals surface area contributed by atoms with Crippen molar-refractivity contribution < 1.29 is 27.1 Å². The summed E-state index contributed by atoms with van der Waals surface area (Å²) >= 11 is 0. The van der Waals surface area contributed by atoms with Gasteiger partial charge >= 0.3 is 6.18 Å². The number of halogens is 4. The second kappa shape index (κ2) is 11.2. The van der Waals surface area contributed by atoms with Gasteiger partial charge in [0.05, 0.1) is 32.0 Å². The number of nitrogens with zero attached hydrogens (tertiary/aromatic N) is 3. The van der Waals surface area contributed by atoms with Gasteiger partial charge in [-0.3, -0.25) is 14.6 Å². The summed E-state index contributed by atoms with van der Waals surface area (Å²) in [6, 6.07) is -0.0929. The minimum Gasteiger partial charge on any atom is -0.380 e. The minimum atomic E-state index is -4.33. The third-order valence-corrected chi connectivity index (χ3v) is 11.6. The van der Waals surface area contributed by atoms with E-state index in [2.05, 4.69) is 27.7 Å². The van der Waals surface area contributed by atoms with Crippen LogP contribution in [0.4, 0.5) is 17.6 Å². The maximum absolute atomic E-state index is 14.5. The number of alkyl halides is 4. The molecule has 4 heterocycles. The molecule has 7 unspecified atom stereocenters. The average Bonchev–Trinajstić information content (AvgIpc) is 3.60. The van der Waals surface area contributed by atoms with Gasteiger partial charge in [0.25, 0.3) is 0 Å². The normalized spacial score (nSPS) is 41.8. The summed E-state index contributed by atoms with van der Waals surface area (Å²) in [7, 11) is 2.09. The molecule has 6 rings (SSSR count). The van der Waals surface area contributed by atoms with E-state index in [4.69, 9.17) is 4.74 Å². The van der Waals surface area contributed by atoms with E-state index in [1.807, 2.05) is 11.8 Å². The quantitative estimate of drug-likeness (QED) is 0.453. The van der Waals surface area contributed by atoms with Gasteiger partial charge in [0.1, 0.15) is 6.17 Å². The fourth-order valence-corrected chi connectivity index (χ4v) is 9.39. The van der Waals surface area contributed by atoms with Crippen LogP contribution < -0.4 is 10.9 Å². The first-order valence-corrected chi connectivity index (χ1v) is 15.6. The summed E-state index contributed by atoms with van der Waals surface area (Å²) in [5.41, 5.74) is 6.61. The molecule has 11 heteroatoms. The zero-order chi connectivity index (χ0) is 28.2. The Balaban J connectivity index is 1.18. The van der Waals surface area contributed by atoms with Gasteiger partial charge in [-0.1, -0.05) is 13.3 Å². The second-order valence-electron chi connectivity index (χ2n) is 13.8. The average molecular weight is 574 g/mol. The van der Waals surface area contributed by atoms with Crippen molar-refractivity contribution in [2.24, 2.45) is 35.0 Å². The molecule has 40 heavy (non-hydrogen) atoms. The molecule has 6 fully saturated rings. The molecule has 0 radical (unpaired) electrons. The lowest BCUT2D eigenvalue weighted by molar-refractivity contribution is -0.206. The third kappa shape index (κ3) is 5.31. The van der Waals surface area contributed by atoms with E-state index in [0.717, 1.165) is 38.8 Å². The Morgan fingerprint density at radius 3 is 2.52 bits per heavy atom. The highest BCUT2D eigenvalue weighted by Gasteiger charge is 2.59. The first-order valence-electron chi connectivity index (χ1n) is 15.6. The van der Waals surface area contributed by atoms with Crippen LogP contribution in [0.5, 0.6) is 0 Å². The Kier molecular flexibility index (Phi) is 8.17. The van der Waals surface area contributed by atoms with E-state index in [1.54, 1.807) is 0 Å². The number of nitrogens with one attached hydrogen (secondary N) is 2. The molecule has 7 nitrogen and oxygen atoms in total. The zero-order valence-corrected chi connectivity index (χ0v) is 24.0. The molecule has 4 saturated heterocycles. The number of hydrazine groups is 1. The summed E-state index contributed by atoms with van der Waals surface area (Å²) in [5.74, 6) is -2.61. The number of carbonyl (C=O) groups is 1. The minimum absolute atomic E-state index is 0.00176. The molecular formula is C29H47F4N5O2. The lowest BCUT2D eigenvalue weighted by atomic mass is 9.64. The molecule has 4 aliphatic heterocycles. The second-order valence-corrected chi connectivity index (χ2v) is 13.8. The van der Waals surface area contributed by atoms with Crippen molar-refractivity contribution in [1.29, 1.82) is 0 Å². The summed E-state index contributed by atoms with van der Waals surface area (Å²) in [6.45, 7) is 5.32. The van der Waals surface area contributed by atoms with Gasteiger partial charge in [-0.2, -0.15) is 13.2 Å².